The Morgan fingerprint density at radius 1 is 1.00 bits per heavy atom. The summed E-state index contributed by atoms with van der Waals surface area (Å²) in [6.07, 6.45) is -3.28. The number of alkyl halides is 6. The summed E-state index contributed by atoms with van der Waals surface area (Å²) in [6.45, 7) is 2.57. The lowest BCUT2D eigenvalue weighted by molar-refractivity contribution is -0.193. The van der Waals surface area contributed by atoms with Crippen LogP contribution in [0, 0.1) is 5.41 Å². The van der Waals surface area contributed by atoms with E-state index in [9.17, 15) is 31.1 Å². The van der Waals surface area contributed by atoms with Crippen molar-refractivity contribution in [2.75, 3.05) is 26.3 Å². The van der Waals surface area contributed by atoms with Crippen LogP contribution in [0.3, 0.4) is 0 Å². The number of carboxylic acids is 2. The molecule has 2 aromatic heterocycles. The molecular weight excluding hydrogens is 544 g/mol. The minimum absolute atomic E-state index is 0.0463. The first-order chi connectivity index (χ1) is 18.2. The van der Waals surface area contributed by atoms with Crippen molar-refractivity contribution in [2.45, 2.75) is 31.3 Å². The highest BCUT2D eigenvalue weighted by Gasteiger charge is 2.49. The molecule has 2 aliphatic heterocycles. The highest BCUT2D eigenvalue weighted by atomic mass is 19.4. The number of carbonyl (C=O) groups is 3. The molecule has 39 heavy (non-hydrogen) atoms. The molecule has 2 aliphatic rings. The molecule has 1 amide bonds. The molecule has 10 nitrogen and oxygen atoms in total. The standard InChI is InChI=1S/C19H21N3O3.2C2HF3O2/c23-18(15-4-9-20-10-5-15)22-11-6-16-19(13-22,7-12-24-16)14-25-17-3-1-2-8-21-17;2*3-2(4,5)1(6)7/h1-5,8-10,16H,6-7,11-14H2;2*(H,6,7)/t16-,19+;;/m1../s1. The van der Waals surface area contributed by atoms with Crippen molar-refractivity contribution in [3.8, 4) is 5.88 Å². The summed E-state index contributed by atoms with van der Waals surface area (Å²) in [5.41, 5.74) is 0.506. The number of carbonyl (C=O) groups excluding carboxylic acids is 1. The summed E-state index contributed by atoms with van der Waals surface area (Å²) < 4.78 is 75.4. The predicted molar refractivity (Wildman–Crippen MR) is 119 cm³/mol. The van der Waals surface area contributed by atoms with Crippen LogP contribution in [-0.4, -0.2) is 87.7 Å². The predicted octanol–water partition coefficient (Wildman–Crippen LogP) is 3.44. The van der Waals surface area contributed by atoms with Crippen molar-refractivity contribution in [3.63, 3.8) is 0 Å². The van der Waals surface area contributed by atoms with E-state index in [1.807, 2.05) is 23.1 Å². The quantitative estimate of drug-likeness (QED) is 0.532. The molecule has 0 radical (unpaired) electrons. The van der Waals surface area contributed by atoms with Crippen LogP contribution in [0.1, 0.15) is 23.2 Å². The third-order valence-electron chi connectivity index (χ3n) is 5.61. The van der Waals surface area contributed by atoms with Crippen molar-refractivity contribution < 1.29 is 60.4 Å². The lowest BCUT2D eigenvalue weighted by Crippen LogP contribution is -2.54. The Bertz CT molecular complexity index is 1080. The number of hydrogen-bond acceptors (Lipinski definition) is 7. The zero-order valence-electron chi connectivity index (χ0n) is 20.0. The highest BCUT2D eigenvalue weighted by molar-refractivity contribution is 5.94. The lowest BCUT2D eigenvalue weighted by Gasteiger charge is -2.43. The maximum atomic E-state index is 12.8. The second-order valence-corrected chi connectivity index (χ2v) is 8.29. The van der Waals surface area contributed by atoms with Gasteiger partial charge in [-0.1, -0.05) is 6.07 Å². The first kappa shape index (κ1) is 31.3. The summed E-state index contributed by atoms with van der Waals surface area (Å²) in [5.74, 6) is -4.86. The molecule has 0 bridgehead atoms. The molecule has 214 valence electrons. The second kappa shape index (κ2) is 13.2. The molecule has 0 spiro atoms. The smallest absolute Gasteiger partial charge is 0.477 e. The van der Waals surface area contributed by atoms with Gasteiger partial charge in [0.05, 0.1) is 18.1 Å². The number of piperidine rings is 1. The number of amides is 1. The Morgan fingerprint density at radius 3 is 2.10 bits per heavy atom. The Kier molecular flexibility index (Phi) is 10.6. The van der Waals surface area contributed by atoms with Crippen LogP contribution in [0.4, 0.5) is 26.3 Å². The topological polar surface area (TPSA) is 139 Å². The number of pyridine rings is 2. The molecule has 0 aliphatic carbocycles. The molecule has 16 heteroatoms. The van der Waals surface area contributed by atoms with Gasteiger partial charge >= 0.3 is 24.3 Å². The summed E-state index contributed by atoms with van der Waals surface area (Å²) >= 11 is 0. The van der Waals surface area contributed by atoms with E-state index in [-0.39, 0.29) is 17.4 Å². The number of halogens is 6. The van der Waals surface area contributed by atoms with Crippen molar-refractivity contribution in [2.24, 2.45) is 5.41 Å². The van der Waals surface area contributed by atoms with Gasteiger partial charge in [0.1, 0.15) is 0 Å². The van der Waals surface area contributed by atoms with Crippen LogP contribution < -0.4 is 4.74 Å². The number of aliphatic carboxylic acids is 2. The maximum Gasteiger partial charge on any atom is 0.490 e. The van der Waals surface area contributed by atoms with Crippen molar-refractivity contribution in [3.05, 3.63) is 54.5 Å². The van der Waals surface area contributed by atoms with Gasteiger partial charge in [-0.15, -0.1) is 0 Å². The van der Waals surface area contributed by atoms with Gasteiger partial charge < -0.3 is 24.6 Å². The normalized spacial score (nSPS) is 20.4. The Morgan fingerprint density at radius 2 is 1.59 bits per heavy atom. The SMILES string of the molecule is O=C(O)C(F)(F)F.O=C(O)C(F)(F)F.O=C(c1ccncc1)N1CC[C@H]2OCC[C@@]2(COc2ccccn2)C1. The van der Waals surface area contributed by atoms with E-state index in [1.165, 1.54) is 0 Å². The fraction of sp³-hybridized carbons (Fsp3) is 0.435. The summed E-state index contributed by atoms with van der Waals surface area (Å²) in [6, 6.07) is 9.14. The minimum atomic E-state index is -5.08. The summed E-state index contributed by atoms with van der Waals surface area (Å²) in [7, 11) is 0. The van der Waals surface area contributed by atoms with Gasteiger partial charge in [0, 0.05) is 49.9 Å². The fourth-order valence-electron chi connectivity index (χ4n) is 3.76. The summed E-state index contributed by atoms with van der Waals surface area (Å²) in [5, 5.41) is 14.2. The first-order valence-corrected chi connectivity index (χ1v) is 11.1. The highest BCUT2D eigenvalue weighted by Crippen LogP contribution is 2.41. The van der Waals surface area contributed by atoms with E-state index < -0.39 is 24.3 Å². The third-order valence-corrected chi connectivity index (χ3v) is 5.61. The Balaban J connectivity index is 0.000000317. The molecule has 4 heterocycles. The van der Waals surface area contributed by atoms with E-state index in [1.54, 1.807) is 30.7 Å². The number of aromatic nitrogens is 2. The van der Waals surface area contributed by atoms with Crippen LogP contribution in [0.2, 0.25) is 0 Å². The van der Waals surface area contributed by atoms with Crippen molar-refractivity contribution in [1.82, 2.24) is 14.9 Å². The maximum absolute atomic E-state index is 12.8. The zero-order valence-corrected chi connectivity index (χ0v) is 20.0. The molecule has 0 saturated carbocycles. The lowest BCUT2D eigenvalue weighted by atomic mass is 9.77. The molecule has 2 atom stereocenters. The number of carboxylic acid groups (broad SMARTS) is 2. The number of fused-ring (bicyclic) bond motifs is 1. The van der Waals surface area contributed by atoms with E-state index in [2.05, 4.69) is 9.97 Å². The molecule has 2 aromatic rings. The van der Waals surface area contributed by atoms with Gasteiger partial charge in [0.2, 0.25) is 5.88 Å². The van der Waals surface area contributed by atoms with Gasteiger partial charge in [-0.3, -0.25) is 9.78 Å². The Hall–Kier alpha value is -3.95. The van der Waals surface area contributed by atoms with Crippen LogP contribution in [0.5, 0.6) is 5.88 Å². The minimum Gasteiger partial charge on any atom is -0.477 e. The van der Waals surface area contributed by atoms with E-state index >= 15 is 0 Å². The molecule has 4 rings (SSSR count). The van der Waals surface area contributed by atoms with Gasteiger partial charge in [-0.2, -0.15) is 26.3 Å². The van der Waals surface area contributed by atoms with E-state index in [4.69, 9.17) is 29.3 Å². The molecule has 0 unspecified atom stereocenters. The van der Waals surface area contributed by atoms with Gasteiger partial charge in [0.25, 0.3) is 5.91 Å². The molecular formula is C23H23F6N3O7. The van der Waals surface area contributed by atoms with Gasteiger partial charge in [-0.05, 0) is 31.0 Å². The monoisotopic (exact) mass is 567 g/mol. The molecule has 2 fully saturated rings. The zero-order chi connectivity index (χ0) is 29.3. The van der Waals surface area contributed by atoms with Crippen LogP contribution in [0.15, 0.2) is 48.9 Å². The second-order valence-electron chi connectivity index (χ2n) is 8.29. The van der Waals surface area contributed by atoms with Crippen molar-refractivity contribution in [1.29, 1.82) is 0 Å². The Labute approximate surface area is 217 Å². The van der Waals surface area contributed by atoms with Crippen LogP contribution in [-0.2, 0) is 14.3 Å². The van der Waals surface area contributed by atoms with E-state index in [0.29, 0.717) is 37.7 Å². The number of nitrogens with zero attached hydrogens (tertiary/aromatic N) is 3. The van der Waals surface area contributed by atoms with Crippen LogP contribution in [0.25, 0.3) is 0 Å². The molecule has 0 aromatic carbocycles. The average molecular weight is 567 g/mol. The summed E-state index contributed by atoms with van der Waals surface area (Å²) in [4.78, 5) is 40.7. The molecule has 2 saturated heterocycles. The number of ether oxygens (including phenoxy) is 2. The third kappa shape index (κ3) is 9.38. The number of rotatable bonds is 4. The first-order valence-electron chi connectivity index (χ1n) is 11.1. The van der Waals surface area contributed by atoms with Gasteiger partial charge in [0.15, 0.2) is 0 Å². The number of likely N-dealkylation sites (tertiary alicyclic amines) is 1. The van der Waals surface area contributed by atoms with E-state index in [0.717, 1.165) is 12.8 Å². The fourth-order valence-corrected chi connectivity index (χ4v) is 3.76. The largest absolute Gasteiger partial charge is 0.490 e. The van der Waals surface area contributed by atoms with Crippen molar-refractivity contribution >= 4 is 17.8 Å². The number of hydrogen-bond donors (Lipinski definition) is 2. The molecule has 2 N–H and O–H groups in total. The van der Waals surface area contributed by atoms with Gasteiger partial charge in [-0.25, -0.2) is 14.6 Å². The van der Waals surface area contributed by atoms with Crippen LogP contribution >= 0.6 is 0 Å². The average Bonchev–Trinajstić information content (AvgIpc) is 3.31.